The summed E-state index contributed by atoms with van der Waals surface area (Å²) in [6.45, 7) is 0.548. The van der Waals surface area contributed by atoms with Crippen LogP contribution in [0, 0.1) is 13.5 Å². The first kappa shape index (κ1) is 14.1. The quantitative estimate of drug-likeness (QED) is 0.542. The minimum Gasteiger partial charge on any atom is -0.358 e. The molecule has 2 nitrogen and oxygen atoms in total. The Balaban J connectivity index is 0.000000980. The summed E-state index contributed by atoms with van der Waals surface area (Å²) >= 11 is 0. The molecule has 1 aromatic carbocycles. The minimum atomic E-state index is -0.211. The van der Waals surface area contributed by atoms with Gasteiger partial charge in [0.05, 0.1) is 12.9 Å². The van der Waals surface area contributed by atoms with Crippen LogP contribution in [0.1, 0.15) is 0 Å². The number of benzene rings is 1. The Morgan fingerprint density at radius 1 is 1.40 bits per heavy atom. The van der Waals surface area contributed by atoms with Crippen LogP contribution in [0.4, 0.5) is 10.1 Å². The molecule has 0 spiro atoms. The third-order valence-corrected chi connectivity index (χ3v) is 1.99. The van der Waals surface area contributed by atoms with Crippen molar-refractivity contribution in [1.82, 2.24) is 4.90 Å². The molecule has 0 atom stereocenters. The summed E-state index contributed by atoms with van der Waals surface area (Å²) in [5, 5.41) is 0. The second-order valence-corrected chi connectivity index (χ2v) is 3.01. The van der Waals surface area contributed by atoms with Gasteiger partial charge in [-0.25, -0.2) is 0 Å². The third kappa shape index (κ3) is 3.05. The van der Waals surface area contributed by atoms with E-state index >= 15 is 0 Å². The fraction of sp³-hybridized carbons (Fsp3) is 0.182. The number of anilines is 1. The molecule has 1 aliphatic rings. The molecular weight excluding hydrogens is 371 g/mol. The Morgan fingerprint density at radius 2 is 2.13 bits per heavy atom. The summed E-state index contributed by atoms with van der Waals surface area (Å²) in [6, 6.07) is 10.6. The number of hydrogen-bond donors (Lipinski definition) is 0. The van der Waals surface area contributed by atoms with E-state index in [1.807, 2.05) is 29.2 Å². The predicted octanol–water partition coefficient (Wildman–Crippen LogP) is 2.41. The zero-order chi connectivity index (χ0) is 9.26. The van der Waals surface area contributed by atoms with Crippen LogP contribution in [0.5, 0.6) is 0 Å². The molecule has 0 aliphatic carbocycles. The summed E-state index contributed by atoms with van der Waals surface area (Å²) in [5.41, 5.74) is 0.891. The maximum Gasteiger partial charge on any atom is 0.207 e. The maximum absolute atomic E-state index is 13.0. The van der Waals surface area contributed by atoms with E-state index in [0.717, 1.165) is 5.69 Å². The normalized spacial score (nSPS) is 14.1. The molecular formula is C11H13FIrN2-2. The summed E-state index contributed by atoms with van der Waals surface area (Å²) in [7, 11) is 1.72. The molecule has 0 bridgehead atoms. The van der Waals surface area contributed by atoms with Gasteiger partial charge in [0.2, 0.25) is 5.95 Å². The summed E-state index contributed by atoms with van der Waals surface area (Å²) in [4.78, 5) is 3.36. The van der Waals surface area contributed by atoms with E-state index in [4.69, 9.17) is 0 Å². The van der Waals surface area contributed by atoms with Crippen molar-refractivity contribution in [3.63, 3.8) is 0 Å². The van der Waals surface area contributed by atoms with Crippen molar-refractivity contribution in [2.24, 2.45) is 0 Å². The molecule has 1 radical (unpaired) electrons. The van der Waals surface area contributed by atoms with Crippen molar-refractivity contribution in [3.8, 4) is 0 Å². The standard InChI is InChI=1S/C10H10FN2.CH3.Ir/c1-12-8-13(7-10(12)11)9-5-3-2-4-6-9;;/h2-5,7H,8H2,1H3;1H3;/q2*-1;. The first-order valence-electron chi connectivity index (χ1n) is 4.09. The summed E-state index contributed by atoms with van der Waals surface area (Å²) in [6.07, 6.45) is 1.48. The third-order valence-electron chi connectivity index (χ3n) is 1.99. The molecule has 15 heavy (non-hydrogen) atoms. The molecule has 0 fully saturated rings. The van der Waals surface area contributed by atoms with E-state index in [-0.39, 0.29) is 33.5 Å². The first-order chi connectivity index (χ1) is 6.27. The van der Waals surface area contributed by atoms with Crippen molar-refractivity contribution >= 4 is 5.69 Å². The van der Waals surface area contributed by atoms with Crippen molar-refractivity contribution in [3.05, 3.63) is 49.9 Å². The molecule has 2 rings (SSSR count). The molecule has 4 heteroatoms. The Kier molecular flexibility index (Phi) is 5.55. The zero-order valence-corrected chi connectivity index (χ0v) is 11.1. The average Bonchev–Trinajstić information content (AvgIpc) is 2.49. The van der Waals surface area contributed by atoms with E-state index < -0.39 is 0 Å². The van der Waals surface area contributed by atoms with Crippen LogP contribution in [-0.2, 0) is 20.1 Å². The minimum absolute atomic E-state index is 0. The van der Waals surface area contributed by atoms with E-state index in [2.05, 4.69) is 6.07 Å². The fourth-order valence-electron chi connectivity index (χ4n) is 1.27. The summed E-state index contributed by atoms with van der Waals surface area (Å²) < 4.78 is 13.0. The van der Waals surface area contributed by atoms with Gasteiger partial charge in [0.25, 0.3) is 0 Å². The second kappa shape index (κ2) is 5.88. The largest absolute Gasteiger partial charge is 0.358 e. The Morgan fingerprint density at radius 3 is 2.60 bits per heavy atom. The molecule has 1 aliphatic heterocycles. The van der Waals surface area contributed by atoms with Gasteiger partial charge < -0.3 is 17.2 Å². The van der Waals surface area contributed by atoms with Crippen LogP contribution < -0.4 is 4.90 Å². The molecule has 0 amide bonds. The van der Waals surface area contributed by atoms with Crippen LogP contribution in [0.2, 0.25) is 0 Å². The Labute approximate surface area is 104 Å². The van der Waals surface area contributed by atoms with Gasteiger partial charge >= 0.3 is 0 Å². The van der Waals surface area contributed by atoms with Gasteiger partial charge in [0, 0.05) is 27.2 Å². The molecule has 0 N–H and O–H groups in total. The number of hydrogen-bond acceptors (Lipinski definition) is 2. The molecule has 0 aromatic heterocycles. The van der Waals surface area contributed by atoms with Gasteiger partial charge in [-0.2, -0.15) is 28.7 Å². The molecule has 1 aromatic rings. The van der Waals surface area contributed by atoms with Gasteiger partial charge in [-0.15, -0.1) is 6.07 Å². The molecule has 0 saturated heterocycles. The van der Waals surface area contributed by atoms with Crippen LogP contribution in [0.3, 0.4) is 0 Å². The summed E-state index contributed by atoms with van der Waals surface area (Å²) in [5.74, 6) is -0.211. The first-order valence-corrected chi connectivity index (χ1v) is 4.09. The Hall–Kier alpha value is -0.861. The van der Waals surface area contributed by atoms with Crippen LogP contribution in [0.15, 0.2) is 36.4 Å². The Bertz CT molecular complexity index is 327. The van der Waals surface area contributed by atoms with E-state index in [1.54, 1.807) is 11.9 Å². The van der Waals surface area contributed by atoms with Crippen LogP contribution >= 0.6 is 0 Å². The van der Waals surface area contributed by atoms with E-state index in [1.165, 1.54) is 6.20 Å². The predicted molar refractivity (Wildman–Crippen MR) is 56.0 cm³/mol. The SMILES string of the molecule is CN1CN(c2[c-]cccc2)C=C1F.[CH3-].[Ir]. The number of rotatable bonds is 1. The van der Waals surface area contributed by atoms with Gasteiger partial charge in [-0.1, -0.05) is 5.69 Å². The topological polar surface area (TPSA) is 6.48 Å². The van der Waals surface area contributed by atoms with Crippen molar-refractivity contribution in [1.29, 1.82) is 0 Å². The second-order valence-electron chi connectivity index (χ2n) is 3.01. The van der Waals surface area contributed by atoms with Gasteiger partial charge in [0.15, 0.2) is 0 Å². The molecule has 0 saturated carbocycles. The van der Waals surface area contributed by atoms with Crippen LogP contribution in [0.25, 0.3) is 0 Å². The van der Waals surface area contributed by atoms with E-state index in [0.29, 0.717) is 6.67 Å². The van der Waals surface area contributed by atoms with Gasteiger partial charge in [-0.05, 0) is 0 Å². The number of nitrogens with zero attached hydrogens (tertiary/aromatic N) is 2. The zero-order valence-electron chi connectivity index (χ0n) is 8.70. The van der Waals surface area contributed by atoms with E-state index in [9.17, 15) is 4.39 Å². The number of halogens is 1. The number of para-hydroxylation sites is 1. The maximum atomic E-state index is 13.0. The molecule has 85 valence electrons. The monoisotopic (exact) mass is 385 g/mol. The average molecular weight is 384 g/mol. The van der Waals surface area contributed by atoms with Crippen molar-refractivity contribution in [2.75, 3.05) is 18.6 Å². The van der Waals surface area contributed by atoms with Gasteiger partial charge in [0.1, 0.15) is 0 Å². The van der Waals surface area contributed by atoms with Crippen molar-refractivity contribution in [2.45, 2.75) is 0 Å². The van der Waals surface area contributed by atoms with Gasteiger partial charge in [-0.3, -0.25) is 0 Å². The van der Waals surface area contributed by atoms with Crippen LogP contribution in [-0.4, -0.2) is 18.6 Å². The van der Waals surface area contributed by atoms with Crippen molar-refractivity contribution < 1.29 is 24.5 Å². The smallest absolute Gasteiger partial charge is 0.207 e. The molecule has 0 unspecified atom stereocenters. The molecule has 1 heterocycles. The fourth-order valence-corrected chi connectivity index (χ4v) is 1.27.